The average molecular weight is 305 g/mol. The zero-order valence-corrected chi connectivity index (χ0v) is 13.2. The molecule has 0 bridgehead atoms. The first-order valence-electron chi connectivity index (χ1n) is 7.25. The van der Waals surface area contributed by atoms with Gasteiger partial charge in [0.1, 0.15) is 5.82 Å². The summed E-state index contributed by atoms with van der Waals surface area (Å²) >= 11 is 1.44. The van der Waals surface area contributed by atoms with Gasteiger partial charge in [0.25, 0.3) is 0 Å². The van der Waals surface area contributed by atoms with Crippen molar-refractivity contribution < 1.29 is 4.79 Å². The molecular formula is C14H19N5OS. The van der Waals surface area contributed by atoms with Crippen LogP contribution in [0.25, 0.3) is 5.65 Å². The predicted molar refractivity (Wildman–Crippen MR) is 81.4 cm³/mol. The third kappa shape index (κ3) is 3.02. The van der Waals surface area contributed by atoms with E-state index in [4.69, 9.17) is 0 Å². The molecule has 2 aromatic rings. The number of amides is 1. The topological polar surface area (TPSA) is 63.4 Å². The molecule has 7 heteroatoms. The molecule has 0 radical (unpaired) electrons. The fourth-order valence-corrected chi connectivity index (χ4v) is 3.55. The first kappa shape index (κ1) is 14.3. The molecule has 1 aliphatic rings. The second-order valence-electron chi connectivity index (χ2n) is 5.35. The molecule has 0 saturated carbocycles. The maximum absolute atomic E-state index is 12.2. The summed E-state index contributed by atoms with van der Waals surface area (Å²) in [5.41, 5.74) is 1.71. The second-order valence-corrected chi connectivity index (χ2v) is 6.29. The van der Waals surface area contributed by atoms with Crippen LogP contribution in [-0.4, -0.2) is 49.2 Å². The summed E-state index contributed by atoms with van der Waals surface area (Å²) in [7, 11) is 0. The van der Waals surface area contributed by atoms with E-state index in [1.807, 2.05) is 29.2 Å². The molecule has 21 heavy (non-hydrogen) atoms. The van der Waals surface area contributed by atoms with E-state index in [2.05, 4.69) is 15.2 Å². The first-order valence-corrected chi connectivity index (χ1v) is 8.23. The molecule has 1 saturated heterocycles. The van der Waals surface area contributed by atoms with Gasteiger partial charge >= 0.3 is 0 Å². The van der Waals surface area contributed by atoms with Gasteiger partial charge < -0.3 is 4.90 Å². The molecule has 1 amide bonds. The lowest BCUT2D eigenvalue weighted by molar-refractivity contribution is -0.129. The molecule has 0 spiro atoms. The summed E-state index contributed by atoms with van der Waals surface area (Å²) in [4.78, 5) is 18.6. The summed E-state index contributed by atoms with van der Waals surface area (Å²) in [6, 6.07) is 1.90. The molecule has 2 aromatic heterocycles. The standard InChI is InChI=1S/C14H19N5OS/c1-10-8-12-16-17-14(19(12)11(2)15-10)21-9-13(20)18-6-4-3-5-7-18/h8H,3-7,9H2,1-2H3. The molecule has 1 fully saturated rings. The number of likely N-dealkylation sites (tertiary alicyclic amines) is 1. The van der Waals surface area contributed by atoms with Crippen molar-refractivity contribution >= 4 is 23.3 Å². The maximum atomic E-state index is 12.2. The lowest BCUT2D eigenvalue weighted by atomic mass is 10.1. The van der Waals surface area contributed by atoms with Crippen LogP contribution >= 0.6 is 11.8 Å². The number of aromatic nitrogens is 4. The van der Waals surface area contributed by atoms with Gasteiger partial charge in [-0.05, 0) is 33.1 Å². The van der Waals surface area contributed by atoms with Crippen LogP contribution in [0, 0.1) is 13.8 Å². The molecule has 3 heterocycles. The van der Waals surface area contributed by atoms with E-state index >= 15 is 0 Å². The monoisotopic (exact) mass is 305 g/mol. The van der Waals surface area contributed by atoms with Crippen molar-refractivity contribution in [1.29, 1.82) is 0 Å². The third-order valence-corrected chi connectivity index (χ3v) is 4.61. The van der Waals surface area contributed by atoms with Crippen LogP contribution in [0.2, 0.25) is 0 Å². The average Bonchev–Trinajstić information content (AvgIpc) is 2.89. The Morgan fingerprint density at radius 3 is 2.76 bits per heavy atom. The molecular weight excluding hydrogens is 286 g/mol. The lowest BCUT2D eigenvalue weighted by Crippen LogP contribution is -2.36. The van der Waals surface area contributed by atoms with Gasteiger partial charge in [0, 0.05) is 24.8 Å². The molecule has 0 atom stereocenters. The van der Waals surface area contributed by atoms with E-state index in [0.717, 1.165) is 48.3 Å². The number of rotatable bonds is 3. The van der Waals surface area contributed by atoms with Gasteiger partial charge in [0.05, 0.1) is 5.75 Å². The Labute approximate surface area is 128 Å². The highest BCUT2D eigenvalue weighted by Gasteiger charge is 2.18. The van der Waals surface area contributed by atoms with Gasteiger partial charge in [-0.2, -0.15) is 0 Å². The molecule has 3 rings (SSSR count). The van der Waals surface area contributed by atoms with Crippen molar-refractivity contribution in [3.8, 4) is 0 Å². The van der Waals surface area contributed by atoms with Gasteiger partial charge in [0.15, 0.2) is 10.8 Å². The number of aryl methyl sites for hydroxylation is 2. The highest BCUT2D eigenvalue weighted by molar-refractivity contribution is 7.99. The van der Waals surface area contributed by atoms with E-state index in [1.165, 1.54) is 18.2 Å². The minimum atomic E-state index is 0.189. The number of piperidine rings is 1. The van der Waals surface area contributed by atoms with E-state index < -0.39 is 0 Å². The van der Waals surface area contributed by atoms with Gasteiger partial charge in [-0.1, -0.05) is 11.8 Å². The molecule has 6 nitrogen and oxygen atoms in total. The Kier molecular flexibility index (Phi) is 4.10. The maximum Gasteiger partial charge on any atom is 0.233 e. The van der Waals surface area contributed by atoms with E-state index in [9.17, 15) is 4.79 Å². The van der Waals surface area contributed by atoms with Crippen LogP contribution in [0.5, 0.6) is 0 Å². The van der Waals surface area contributed by atoms with Crippen molar-refractivity contribution in [2.75, 3.05) is 18.8 Å². The Morgan fingerprint density at radius 2 is 2.00 bits per heavy atom. The Bertz CT molecular complexity index is 663. The number of thioether (sulfide) groups is 1. The molecule has 1 aliphatic heterocycles. The van der Waals surface area contributed by atoms with E-state index in [-0.39, 0.29) is 5.91 Å². The largest absolute Gasteiger partial charge is 0.342 e. The van der Waals surface area contributed by atoms with E-state index in [0.29, 0.717) is 5.75 Å². The molecule has 0 N–H and O–H groups in total. The Balaban J connectivity index is 1.72. The highest BCUT2D eigenvalue weighted by atomic mass is 32.2. The normalized spacial score (nSPS) is 15.6. The third-order valence-electron chi connectivity index (χ3n) is 3.69. The van der Waals surface area contributed by atoms with Crippen molar-refractivity contribution in [2.45, 2.75) is 38.3 Å². The SMILES string of the molecule is Cc1cc2nnc(SCC(=O)N3CCCCC3)n2c(C)n1. The summed E-state index contributed by atoms with van der Waals surface area (Å²) in [6.45, 7) is 5.65. The van der Waals surface area contributed by atoms with Gasteiger partial charge in [-0.15, -0.1) is 10.2 Å². The van der Waals surface area contributed by atoms with Crippen LogP contribution in [0.4, 0.5) is 0 Å². The highest BCUT2D eigenvalue weighted by Crippen LogP contribution is 2.20. The van der Waals surface area contributed by atoms with Crippen LogP contribution < -0.4 is 0 Å². The van der Waals surface area contributed by atoms with E-state index in [1.54, 1.807) is 0 Å². The fourth-order valence-electron chi connectivity index (χ4n) is 2.66. The number of nitrogens with zero attached hydrogens (tertiary/aromatic N) is 5. The minimum absolute atomic E-state index is 0.189. The molecule has 112 valence electrons. The number of carbonyl (C=O) groups is 1. The minimum Gasteiger partial charge on any atom is -0.342 e. The second kappa shape index (κ2) is 6.01. The lowest BCUT2D eigenvalue weighted by Gasteiger charge is -2.26. The number of hydrogen-bond acceptors (Lipinski definition) is 5. The first-order chi connectivity index (χ1) is 10.1. The smallest absolute Gasteiger partial charge is 0.233 e. The van der Waals surface area contributed by atoms with Crippen molar-refractivity contribution in [2.24, 2.45) is 0 Å². The Hall–Kier alpha value is -1.63. The van der Waals surface area contributed by atoms with Crippen molar-refractivity contribution in [1.82, 2.24) is 24.5 Å². The van der Waals surface area contributed by atoms with Gasteiger partial charge in [0.2, 0.25) is 5.91 Å². The fraction of sp³-hybridized carbons (Fsp3) is 0.571. The zero-order chi connectivity index (χ0) is 14.8. The summed E-state index contributed by atoms with van der Waals surface area (Å²) in [5, 5.41) is 9.07. The quantitative estimate of drug-likeness (QED) is 0.810. The predicted octanol–water partition coefficient (Wildman–Crippen LogP) is 1.85. The van der Waals surface area contributed by atoms with Gasteiger partial charge in [-0.25, -0.2) is 4.98 Å². The van der Waals surface area contributed by atoms with Crippen LogP contribution in [0.1, 0.15) is 30.8 Å². The van der Waals surface area contributed by atoms with Crippen molar-refractivity contribution in [3.05, 3.63) is 17.6 Å². The van der Waals surface area contributed by atoms with Crippen LogP contribution in [0.3, 0.4) is 0 Å². The van der Waals surface area contributed by atoms with Gasteiger partial charge in [-0.3, -0.25) is 9.20 Å². The number of carbonyl (C=O) groups excluding carboxylic acids is 1. The zero-order valence-electron chi connectivity index (χ0n) is 12.4. The molecule has 0 unspecified atom stereocenters. The van der Waals surface area contributed by atoms with Crippen molar-refractivity contribution in [3.63, 3.8) is 0 Å². The summed E-state index contributed by atoms with van der Waals surface area (Å²) in [5.74, 6) is 1.45. The number of fused-ring (bicyclic) bond motifs is 1. The molecule has 0 aliphatic carbocycles. The van der Waals surface area contributed by atoms with Crippen LogP contribution in [-0.2, 0) is 4.79 Å². The Morgan fingerprint density at radius 1 is 1.24 bits per heavy atom. The van der Waals surface area contributed by atoms with Crippen LogP contribution in [0.15, 0.2) is 11.2 Å². The number of hydrogen-bond donors (Lipinski definition) is 0. The summed E-state index contributed by atoms with van der Waals surface area (Å²) < 4.78 is 1.90. The summed E-state index contributed by atoms with van der Waals surface area (Å²) in [6.07, 6.45) is 3.47. The molecule has 0 aromatic carbocycles.